The molecule has 1 amide bonds. The van der Waals surface area contributed by atoms with Crippen LogP contribution in [0.15, 0.2) is 42.9 Å². The molecule has 0 saturated carbocycles. The Bertz CT molecular complexity index is 778. The van der Waals surface area contributed by atoms with E-state index < -0.39 is 0 Å². The Kier molecular flexibility index (Phi) is 5.31. The van der Waals surface area contributed by atoms with E-state index in [1.165, 1.54) is 0 Å². The Morgan fingerprint density at radius 3 is 2.89 bits per heavy atom. The molecule has 0 aliphatic carbocycles. The van der Waals surface area contributed by atoms with Gasteiger partial charge in [0, 0.05) is 49.8 Å². The number of rotatable bonds is 3. The summed E-state index contributed by atoms with van der Waals surface area (Å²) in [7, 11) is 0. The number of benzene rings is 1. The first kappa shape index (κ1) is 17.9. The molecule has 0 radical (unpaired) electrons. The van der Waals surface area contributed by atoms with Crippen molar-refractivity contribution in [3.05, 3.63) is 48.4 Å². The molecule has 4 rings (SSSR count). The highest BCUT2D eigenvalue weighted by Gasteiger charge is 2.41. The van der Waals surface area contributed by atoms with Crippen LogP contribution in [0.2, 0.25) is 0 Å². The second-order valence-electron chi connectivity index (χ2n) is 6.97. The third kappa shape index (κ3) is 3.94. The maximum atomic E-state index is 13.4. The summed E-state index contributed by atoms with van der Waals surface area (Å²) in [5, 5.41) is 3.42. The van der Waals surface area contributed by atoms with E-state index in [1.54, 1.807) is 24.7 Å². The van der Waals surface area contributed by atoms with Crippen LogP contribution < -0.4 is 10.1 Å². The molecule has 0 atom stereocenters. The van der Waals surface area contributed by atoms with Crippen molar-refractivity contribution >= 4 is 5.91 Å². The number of amides is 1. The number of nitrogens with one attached hydrogen (secondary N) is 1. The predicted octanol–water partition coefficient (Wildman–Crippen LogP) is 2.25. The summed E-state index contributed by atoms with van der Waals surface area (Å²) < 4.78 is 11.3. The number of aromatic nitrogens is 2. The second-order valence-corrected chi connectivity index (χ2v) is 6.97. The van der Waals surface area contributed by atoms with E-state index in [2.05, 4.69) is 20.2 Å². The minimum Gasteiger partial charge on any atom is -0.437 e. The van der Waals surface area contributed by atoms with Gasteiger partial charge in [0.15, 0.2) is 0 Å². The Morgan fingerprint density at radius 1 is 1.19 bits per heavy atom. The lowest BCUT2D eigenvalue weighted by Gasteiger charge is -2.45. The Morgan fingerprint density at radius 2 is 2.07 bits per heavy atom. The van der Waals surface area contributed by atoms with Crippen molar-refractivity contribution in [1.82, 2.24) is 20.2 Å². The fourth-order valence-electron chi connectivity index (χ4n) is 3.90. The molecule has 1 spiro atoms. The third-order valence-electron chi connectivity index (χ3n) is 5.36. The lowest BCUT2D eigenvalue weighted by atomic mass is 9.84. The van der Waals surface area contributed by atoms with Gasteiger partial charge >= 0.3 is 0 Å². The van der Waals surface area contributed by atoms with E-state index in [1.807, 2.05) is 18.2 Å². The fraction of sp³-hybridized carbons (Fsp3) is 0.450. The summed E-state index contributed by atoms with van der Waals surface area (Å²) >= 11 is 0. The van der Waals surface area contributed by atoms with Gasteiger partial charge in [0.1, 0.15) is 5.75 Å². The lowest BCUT2D eigenvalue weighted by Crippen LogP contribution is -2.55. The number of nitrogens with zero attached hydrogens (tertiary/aromatic N) is 3. The molecule has 7 heteroatoms. The number of carbonyl (C=O) groups excluding carboxylic acids is 1. The lowest BCUT2D eigenvalue weighted by molar-refractivity contribution is -0.0183. The molecule has 7 nitrogen and oxygen atoms in total. The van der Waals surface area contributed by atoms with Gasteiger partial charge in [0.25, 0.3) is 5.91 Å². The molecule has 3 heterocycles. The first-order chi connectivity index (χ1) is 13.3. The minimum absolute atomic E-state index is 0.0465. The van der Waals surface area contributed by atoms with Crippen molar-refractivity contribution in [2.24, 2.45) is 0 Å². The highest BCUT2D eigenvalue weighted by molar-refractivity contribution is 5.95. The van der Waals surface area contributed by atoms with Crippen LogP contribution >= 0.6 is 0 Å². The van der Waals surface area contributed by atoms with E-state index in [9.17, 15) is 4.79 Å². The van der Waals surface area contributed by atoms with E-state index in [-0.39, 0.29) is 11.4 Å². The first-order valence-corrected chi connectivity index (χ1v) is 9.41. The maximum Gasteiger partial charge on any atom is 0.254 e. The van der Waals surface area contributed by atoms with Crippen LogP contribution in [0.4, 0.5) is 0 Å². The van der Waals surface area contributed by atoms with Crippen molar-refractivity contribution in [2.75, 3.05) is 32.8 Å². The van der Waals surface area contributed by atoms with Crippen molar-refractivity contribution in [3.8, 4) is 11.6 Å². The summed E-state index contributed by atoms with van der Waals surface area (Å²) in [6.45, 7) is 3.86. The average Bonchev–Trinajstić information content (AvgIpc) is 2.91. The Balaban J connectivity index is 1.58. The topological polar surface area (TPSA) is 76.6 Å². The van der Waals surface area contributed by atoms with Gasteiger partial charge in [-0.3, -0.25) is 9.78 Å². The van der Waals surface area contributed by atoms with Gasteiger partial charge in [-0.1, -0.05) is 6.07 Å². The Hall–Kier alpha value is -2.51. The summed E-state index contributed by atoms with van der Waals surface area (Å²) in [5.74, 6) is 1.03. The molecule has 0 bridgehead atoms. The molecule has 0 unspecified atom stereocenters. The quantitative estimate of drug-likeness (QED) is 0.896. The van der Waals surface area contributed by atoms with Crippen molar-refractivity contribution in [1.29, 1.82) is 0 Å². The van der Waals surface area contributed by atoms with Crippen LogP contribution in [0.3, 0.4) is 0 Å². The smallest absolute Gasteiger partial charge is 0.254 e. The van der Waals surface area contributed by atoms with E-state index >= 15 is 0 Å². The normalized spacial score (nSPS) is 19.5. The van der Waals surface area contributed by atoms with Crippen LogP contribution in [0.25, 0.3) is 0 Å². The molecular weight excluding hydrogens is 344 g/mol. The zero-order valence-electron chi connectivity index (χ0n) is 15.3. The summed E-state index contributed by atoms with van der Waals surface area (Å²) in [6.07, 6.45) is 7.44. The zero-order chi connectivity index (χ0) is 18.5. The van der Waals surface area contributed by atoms with Crippen molar-refractivity contribution in [3.63, 3.8) is 0 Å². The van der Waals surface area contributed by atoms with E-state index in [0.717, 1.165) is 32.4 Å². The molecule has 2 saturated heterocycles. The van der Waals surface area contributed by atoms with Gasteiger partial charge in [0.2, 0.25) is 5.88 Å². The highest BCUT2D eigenvalue weighted by Crippen LogP contribution is 2.34. The SMILES string of the molecule is O=C(c1cccc(Oc2cnccn2)c1)N1CCNCCC12CCOCC2. The maximum absolute atomic E-state index is 13.4. The van der Waals surface area contributed by atoms with Gasteiger partial charge < -0.3 is 19.7 Å². The van der Waals surface area contributed by atoms with Crippen LogP contribution in [0, 0.1) is 0 Å². The second kappa shape index (κ2) is 8.02. The van der Waals surface area contributed by atoms with E-state index in [4.69, 9.17) is 9.47 Å². The van der Waals surface area contributed by atoms with Gasteiger partial charge in [-0.15, -0.1) is 0 Å². The molecular formula is C20H24N4O3. The third-order valence-corrected chi connectivity index (χ3v) is 5.36. The van der Waals surface area contributed by atoms with Crippen LogP contribution in [0.1, 0.15) is 29.6 Å². The van der Waals surface area contributed by atoms with Gasteiger partial charge in [0.05, 0.1) is 6.20 Å². The summed E-state index contributed by atoms with van der Waals surface area (Å²) in [6, 6.07) is 7.28. The van der Waals surface area contributed by atoms with Crippen LogP contribution in [-0.2, 0) is 4.74 Å². The summed E-state index contributed by atoms with van der Waals surface area (Å²) in [5.41, 5.74) is 0.504. The predicted molar refractivity (Wildman–Crippen MR) is 99.9 cm³/mol. The summed E-state index contributed by atoms with van der Waals surface area (Å²) in [4.78, 5) is 23.6. The highest BCUT2D eigenvalue weighted by atomic mass is 16.5. The average molecular weight is 368 g/mol. The number of carbonyl (C=O) groups is 1. The zero-order valence-corrected chi connectivity index (χ0v) is 15.3. The first-order valence-electron chi connectivity index (χ1n) is 9.41. The van der Waals surface area contributed by atoms with Crippen molar-refractivity contribution < 1.29 is 14.3 Å². The van der Waals surface area contributed by atoms with Gasteiger partial charge in [-0.05, 0) is 44.0 Å². The molecule has 2 aliphatic rings. The van der Waals surface area contributed by atoms with Crippen molar-refractivity contribution in [2.45, 2.75) is 24.8 Å². The molecule has 142 valence electrons. The fourth-order valence-corrected chi connectivity index (χ4v) is 3.90. The Labute approximate surface area is 158 Å². The molecule has 2 aliphatic heterocycles. The van der Waals surface area contributed by atoms with Gasteiger partial charge in [-0.25, -0.2) is 4.98 Å². The molecule has 27 heavy (non-hydrogen) atoms. The van der Waals surface area contributed by atoms with Gasteiger partial charge in [-0.2, -0.15) is 0 Å². The number of hydrogen-bond acceptors (Lipinski definition) is 6. The number of ether oxygens (including phenoxy) is 2. The standard InChI is InChI=1S/C20H24N4O3/c25-19(24-11-10-21-7-4-20(24)5-12-26-13-6-20)16-2-1-3-17(14-16)27-18-15-22-8-9-23-18/h1-3,8-9,14-15,21H,4-7,10-13H2. The largest absolute Gasteiger partial charge is 0.437 e. The minimum atomic E-state index is -0.124. The van der Waals surface area contributed by atoms with Crippen LogP contribution in [-0.4, -0.2) is 59.2 Å². The number of hydrogen-bond donors (Lipinski definition) is 1. The van der Waals surface area contributed by atoms with E-state index in [0.29, 0.717) is 37.0 Å². The molecule has 2 fully saturated rings. The molecule has 1 N–H and O–H groups in total. The monoisotopic (exact) mass is 368 g/mol. The van der Waals surface area contributed by atoms with Crippen LogP contribution in [0.5, 0.6) is 11.6 Å². The molecule has 1 aromatic carbocycles. The molecule has 2 aromatic rings. The molecule has 1 aromatic heterocycles.